The molecule has 7 nitrogen and oxygen atoms in total. The molecule has 0 saturated carbocycles. The van der Waals surface area contributed by atoms with Crippen molar-refractivity contribution in [2.75, 3.05) is 18.5 Å². The van der Waals surface area contributed by atoms with Gasteiger partial charge in [0, 0.05) is 31.5 Å². The summed E-state index contributed by atoms with van der Waals surface area (Å²) in [6.45, 7) is 2.72. The Bertz CT molecular complexity index is 975. The van der Waals surface area contributed by atoms with Gasteiger partial charge < -0.3 is 14.4 Å². The average molecular weight is 391 g/mol. The topological polar surface area (TPSA) is 92.4 Å². The summed E-state index contributed by atoms with van der Waals surface area (Å²) in [6.07, 6.45) is 2.70. The molecule has 0 saturated heterocycles. The summed E-state index contributed by atoms with van der Waals surface area (Å²) in [5, 5.41) is 9.09. The van der Waals surface area contributed by atoms with Crippen molar-refractivity contribution in [1.82, 2.24) is 15.0 Å². The second-order valence-corrected chi connectivity index (χ2v) is 6.19. The molecule has 0 atom stereocenters. The van der Waals surface area contributed by atoms with Crippen LogP contribution in [-0.4, -0.2) is 39.6 Å². The van der Waals surface area contributed by atoms with Crippen LogP contribution in [0.5, 0.6) is 0 Å². The lowest BCUT2D eigenvalue weighted by Gasteiger charge is -2.13. The van der Waals surface area contributed by atoms with Gasteiger partial charge >= 0.3 is 5.97 Å². The summed E-state index contributed by atoms with van der Waals surface area (Å²) >= 11 is 5.71. The number of halogens is 2. The molecule has 0 unspecified atom stereocenters. The van der Waals surface area contributed by atoms with Crippen molar-refractivity contribution in [3.63, 3.8) is 0 Å². The van der Waals surface area contributed by atoms with Gasteiger partial charge in [-0.15, -0.1) is 0 Å². The molecule has 1 aromatic carbocycles. The standard InChI is InChI=1S/C18H16ClFN4O3/c1-3-24(2)18-21-8-11(9-22-18)17-23-14(7-15(25)26)16(27-17)10-4-5-12(19)13(20)6-10/h4-6,8-9H,3,7H2,1-2H3,(H,25,26). The van der Waals surface area contributed by atoms with E-state index in [0.717, 1.165) is 6.54 Å². The van der Waals surface area contributed by atoms with E-state index in [9.17, 15) is 9.18 Å². The van der Waals surface area contributed by atoms with Gasteiger partial charge in [-0.1, -0.05) is 11.6 Å². The molecule has 1 N–H and O–H groups in total. The number of anilines is 1. The maximum absolute atomic E-state index is 13.8. The van der Waals surface area contributed by atoms with Crippen molar-refractivity contribution in [2.45, 2.75) is 13.3 Å². The van der Waals surface area contributed by atoms with Gasteiger partial charge in [-0.25, -0.2) is 19.3 Å². The predicted octanol–water partition coefficient (Wildman–Crippen LogP) is 3.67. The zero-order valence-electron chi connectivity index (χ0n) is 14.6. The Morgan fingerprint density at radius 1 is 1.30 bits per heavy atom. The van der Waals surface area contributed by atoms with Gasteiger partial charge in [-0.2, -0.15) is 0 Å². The number of aliphatic carboxylic acids is 1. The Labute approximate surface area is 159 Å². The first-order valence-electron chi connectivity index (χ1n) is 8.09. The van der Waals surface area contributed by atoms with Crippen LogP contribution in [0.4, 0.5) is 10.3 Å². The Morgan fingerprint density at radius 2 is 2.00 bits per heavy atom. The molecular weight excluding hydrogens is 375 g/mol. The second-order valence-electron chi connectivity index (χ2n) is 5.78. The van der Waals surface area contributed by atoms with Crippen molar-refractivity contribution < 1.29 is 18.7 Å². The van der Waals surface area contributed by atoms with Crippen LogP contribution >= 0.6 is 11.6 Å². The minimum atomic E-state index is -1.08. The minimum absolute atomic E-state index is 0.0395. The van der Waals surface area contributed by atoms with Crippen molar-refractivity contribution in [1.29, 1.82) is 0 Å². The van der Waals surface area contributed by atoms with Crippen LogP contribution in [0, 0.1) is 5.82 Å². The van der Waals surface area contributed by atoms with E-state index in [1.165, 1.54) is 30.6 Å². The third-order valence-electron chi connectivity index (χ3n) is 3.90. The summed E-state index contributed by atoms with van der Waals surface area (Å²) in [5.74, 6) is -0.857. The first kappa shape index (κ1) is 18.8. The molecule has 0 aliphatic heterocycles. The van der Waals surface area contributed by atoms with Crippen LogP contribution in [0.25, 0.3) is 22.8 Å². The molecule has 0 fully saturated rings. The molecule has 9 heteroatoms. The van der Waals surface area contributed by atoms with Crippen molar-refractivity contribution >= 4 is 23.5 Å². The van der Waals surface area contributed by atoms with Crippen LogP contribution in [-0.2, 0) is 11.2 Å². The molecular formula is C18H16ClFN4O3. The fourth-order valence-corrected chi connectivity index (χ4v) is 2.49. The highest BCUT2D eigenvalue weighted by Gasteiger charge is 2.20. The number of rotatable bonds is 6. The highest BCUT2D eigenvalue weighted by molar-refractivity contribution is 6.30. The lowest BCUT2D eigenvalue weighted by Crippen LogP contribution is -2.18. The maximum Gasteiger partial charge on any atom is 0.309 e. The zero-order chi connectivity index (χ0) is 19.6. The quantitative estimate of drug-likeness (QED) is 0.686. The number of hydrogen-bond acceptors (Lipinski definition) is 6. The van der Waals surface area contributed by atoms with E-state index in [4.69, 9.17) is 21.1 Å². The lowest BCUT2D eigenvalue weighted by molar-refractivity contribution is -0.136. The number of benzene rings is 1. The molecule has 0 bridgehead atoms. The fourth-order valence-electron chi connectivity index (χ4n) is 2.37. The number of oxazole rings is 1. The van der Waals surface area contributed by atoms with Crippen LogP contribution in [0.15, 0.2) is 35.0 Å². The third-order valence-corrected chi connectivity index (χ3v) is 4.21. The van der Waals surface area contributed by atoms with Crippen LogP contribution < -0.4 is 4.90 Å². The van der Waals surface area contributed by atoms with E-state index in [0.29, 0.717) is 17.1 Å². The van der Waals surface area contributed by atoms with E-state index in [2.05, 4.69) is 15.0 Å². The predicted molar refractivity (Wildman–Crippen MR) is 98.2 cm³/mol. The molecule has 3 aromatic rings. The summed E-state index contributed by atoms with van der Waals surface area (Å²) < 4.78 is 19.5. The van der Waals surface area contributed by atoms with E-state index in [1.807, 2.05) is 18.9 Å². The van der Waals surface area contributed by atoms with Gasteiger partial charge in [0.2, 0.25) is 11.8 Å². The molecule has 2 heterocycles. The Kier molecular flexibility index (Phi) is 5.36. The highest BCUT2D eigenvalue weighted by atomic mass is 35.5. The molecule has 27 heavy (non-hydrogen) atoms. The van der Waals surface area contributed by atoms with E-state index in [1.54, 1.807) is 0 Å². The van der Waals surface area contributed by atoms with Crippen molar-refractivity contribution in [2.24, 2.45) is 0 Å². The van der Waals surface area contributed by atoms with E-state index < -0.39 is 11.8 Å². The van der Waals surface area contributed by atoms with Gasteiger partial charge in [0.25, 0.3) is 0 Å². The monoisotopic (exact) mass is 390 g/mol. The fraction of sp³-hybridized carbons (Fsp3) is 0.222. The number of carboxylic acid groups (broad SMARTS) is 1. The number of aromatic nitrogens is 3. The Morgan fingerprint density at radius 3 is 2.59 bits per heavy atom. The molecule has 140 valence electrons. The molecule has 0 radical (unpaired) electrons. The van der Waals surface area contributed by atoms with Crippen LogP contribution in [0.2, 0.25) is 5.02 Å². The minimum Gasteiger partial charge on any atom is -0.481 e. The van der Waals surface area contributed by atoms with E-state index in [-0.39, 0.29) is 28.8 Å². The summed E-state index contributed by atoms with van der Waals surface area (Å²) in [4.78, 5) is 25.8. The highest BCUT2D eigenvalue weighted by Crippen LogP contribution is 2.31. The first-order valence-corrected chi connectivity index (χ1v) is 8.47. The van der Waals surface area contributed by atoms with Crippen LogP contribution in [0.1, 0.15) is 12.6 Å². The van der Waals surface area contributed by atoms with Gasteiger partial charge in [0.1, 0.15) is 5.82 Å². The molecule has 0 aliphatic carbocycles. The number of nitrogens with zero attached hydrogens (tertiary/aromatic N) is 4. The smallest absolute Gasteiger partial charge is 0.309 e. The number of carbonyl (C=O) groups is 1. The second kappa shape index (κ2) is 7.71. The summed E-state index contributed by atoms with van der Waals surface area (Å²) in [7, 11) is 1.86. The largest absolute Gasteiger partial charge is 0.481 e. The SMILES string of the molecule is CCN(C)c1ncc(-c2nc(CC(=O)O)c(-c3ccc(Cl)c(F)c3)o2)cn1. The Hall–Kier alpha value is -3.00. The maximum atomic E-state index is 13.8. The van der Waals surface area contributed by atoms with E-state index >= 15 is 0 Å². The number of hydrogen-bond donors (Lipinski definition) is 1. The van der Waals surface area contributed by atoms with Crippen molar-refractivity contribution in [3.05, 3.63) is 47.1 Å². The summed E-state index contributed by atoms with van der Waals surface area (Å²) in [6, 6.07) is 4.09. The Balaban J connectivity index is 2.03. The normalized spacial score (nSPS) is 10.8. The molecule has 0 aliphatic rings. The summed E-state index contributed by atoms with van der Waals surface area (Å²) in [5.41, 5.74) is 1.000. The third kappa shape index (κ3) is 4.06. The van der Waals surface area contributed by atoms with Crippen LogP contribution in [0.3, 0.4) is 0 Å². The molecule has 3 rings (SSSR count). The number of carboxylic acids is 1. The lowest BCUT2D eigenvalue weighted by atomic mass is 10.1. The van der Waals surface area contributed by atoms with Gasteiger partial charge in [0.05, 0.1) is 22.7 Å². The van der Waals surface area contributed by atoms with Crippen molar-refractivity contribution in [3.8, 4) is 22.8 Å². The molecule has 2 aromatic heterocycles. The first-order chi connectivity index (χ1) is 12.9. The van der Waals surface area contributed by atoms with Gasteiger partial charge in [-0.05, 0) is 25.1 Å². The van der Waals surface area contributed by atoms with Gasteiger partial charge in [0.15, 0.2) is 5.76 Å². The molecule has 0 spiro atoms. The molecule has 0 amide bonds. The van der Waals surface area contributed by atoms with Gasteiger partial charge in [-0.3, -0.25) is 4.79 Å². The zero-order valence-corrected chi connectivity index (χ0v) is 15.4. The average Bonchev–Trinajstić information content (AvgIpc) is 3.06.